The number of fused-ring (bicyclic) bond motifs is 1. The zero-order valence-corrected chi connectivity index (χ0v) is 13.5. The average molecular weight is 335 g/mol. The number of rotatable bonds is 5. The highest BCUT2D eigenvalue weighted by Crippen LogP contribution is 2.17. The topological polar surface area (TPSA) is 64.4 Å². The van der Waals surface area contributed by atoms with Crippen molar-refractivity contribution in [2.24, 2.45) is 0 Å². The van der Waals surface area contributed by atoms with E-state index in [2.05, 4.69) is 5.10 Å². The predicted octanol–water partition coefficient (Wildman–Crippen LogP) is 2.22. The van der Waals surface area contributed by atoms with Gasteiger partial charge in [-0.15, -0.1) is 0 Å². The van der Waals surface area contributed by atoms with Gasteiger partial charge in [0.05, 0.1) is 12.2 Å². The summed E-state index contributed by atoms with van der Waals surface area (Å²) in [4.78, 5) is 12.1. The van der Waals surface area contributed by atoms with Gasteiger partial charge in [-0.05, 0) is 55.5 Å². The quantitative estimate of drug-likeness (QED) is 0.910. The first-order valence-corrected chi connectivity index (χ1v) is 8.16. The Morgan fingerprint density at radius 1 is 1.26 bits per heavy atom. The lowest BCUT2D eigenvalue weighted by Crippen LogP contribution is -2.33. The van der Waals surface area contributed by atoms with Crippen molar-refractivity contribution in [3.8, 4) is 5.75 Å². The summed E-state index contributed by atoms with van der Waals surface area (Å²) in [6, 6.07) is 8.56. The summed E-state index contributed by atoms with van der Waals surface area (Å²) < 4.78 is 6.83. The smallest absolute Gasteiger partial charge is 0.267 e. The van der Waals surface area contributed by atoms with Gasteiger partial charge in [-0.25, -0.2) is 4.68 Å². The van der Waals surface area contributed by atoms with Crippen LogP contribution in [0.2, 0.25) is 5.02 Å². The van der Waals surface area contributed by atoms with Crippen LogP contribution in [0.25, 0.3) is 0 Å². The van der Waals surface area contributed by atoms with Gasteiger partial charge in [-0.3, -0.25) is 4.79 Å². The molecule has 3 rings (SSSR count). The van der Waals surface area contributed by atoms with Gasteiger partial charge in [0.2, 0.25) is 0 Å². The molecule has 0 fully saturated rings. The van der Waals surface area contributed by atoms with Crippen molar-refractivity contribution in [1.29, 1.82) is 0 Å². The lowest BCUT2D eigenvalue weighted by atomic mass is 9.97. The fourth-order valence-corrected chi connectivity index (χ4v) is 2.83. The molecule has 0 radical (unpaired) electrons. The van der Waals surface area contributed by atoms with Crippen LogP contribution in [-0.4, -0.2) is 27.6 Å². The number of aromatic nitrogens is 2. The molecule has 122 valence electrons. The number of hydrogen-bond donors (Lipinski definition) is 1. The second kappa shape index (κ2) is 7.15. The molecule has 1 aliphatic carbocycles. The Hall–Kier alpha value is -1.85. The number of nitrogens with zero attached hydrogens (tertiary/aromatic N) is 2. The van der Waals surface area contributed by atoms with Crippen LogP contribution in [0.15, 0.2) is 35.1 Å². The molecule has 1 atom stereocenters. The molecule has 1 N–H and O–H groups in total. The molecule has 1 aliphatic rings. The minimum absolute atomic E-state index is 0.0901. The molecular formula is C17H19ClN2O3. The van der Waals surface area contributed by atoms with Crippen LogP contribution >= 0.6 is 11.6 Å². The number of ether oxygens (including phenoxy) is 1. The van der Waals surface area contributed by atoms with Crippen LogP contribution < -0.4 is 10.3 Å². The highest BCUT2D eigenvalue weighted by molar-refractivity contribution is 6.30. The molecule has 0 bridgehead atoms. The van der Waals surface area contributed by atoms with Crippen molar-refractivity contribution >= 4 is 11.6 Å². The molecule has 23 heavy (non-hydrogen) atoms. The third-order valence-electron chi connectivity index (χ3n) is 3.91. The second-order valence-corrected chi connectivity index (χ2v) is 6.20. The normalized spacial score (nSPS) is 15.0. The molecule has 2 aromatic rings. The first kappa shape index (κ1) is 16.0. The summed E-state index contributed by atoms with van der Waals surface area (Å²) in [6.45, 7) is 0.215. The average Bonchev–Trinajstić information content (AvgIpc) is 2.55. The maximum absolute atomic E-state index is 12.1. The molecule has 0 saturated heterocycles. The van der Waals surface area contributed by atoms with Crippen molar-refractivity contribution < 1.29 is 9.84 Å². The molecular weight excluding hydrogens is 316 g/mol. The molecule has 6 heteroatoms. The van der Waals surface area contributed by atoms with E-state index in [0.29, 0.717) is 10.8 Å². The highest BCUT2D eigenvalue weighted by atomic mass is 35.5. The van der Waals surface area contributed by atoms with E-state index in [-0.39, 0.29) is 18.7 Å². The Morgan fingerprint density at radius 3 is 2.78 bits per heavy atom. The first-order valence-electron chi connectivity index (χ1n) is 7.78. The number of halogens is 1. The lowest BCUT2D eigenvalue weighted by Gasteiger charge is -2.17. The molecule has 0 spiro atoms. The number of hydrogen-bond acceptors (Lipinski definition) is 4. The molecule has 1 unspecified atom stereocenters. The fraction of sp³-hybridized carbons (Fsp3) is 0.412. The van der Waals surface area contributed by atoms with Gasteiger partial charge in [-0.1, -0.05) is 11.6 Å². The fourth-order valence-electron chi connectivity index (χ4n) is 2.71. The van der Waals surface area contributed by atoms with Gasteiger partial charge in [0.25, 0.3) is 5.56 Å². The largest absolute Gasteiger partial charge is 0.491 e. The van der Waals surface area contributed by atoms with E-state index in [1.807, 2.05) is 0 Å². The van der Waals surface area contributed by atoms with Gasteiger partial charge in [0, 0.05) is 11.1 Å². The Labute approximate surface area is 139 Å². The van der Waals surface area contributed by atoms with Crippen LogP contribution in [0.1, 0.15) is 24.1 Å². The Bertz CT molecular complexity index is 728. The van der Waals surface area contributed by atoms with E-state index in [1.54, 1.807) is 30.3 Å². The standard InChI is InChI=1S/C17H19ClN2O3/c18-13-5-7-15(8-6-13)23-11-14(21)10-20-17(22)9-12-3-1-2-4-16(12)19-20/h5-9,14,21H,1-4,10-11H2. The van der Waals surface area contributed by atoms with Crippen LogP contribution in [0.5, 0.6) is 5.75 Å². The van der Waals surface area contributed by atoms with Crippen molar-refractivity contribution in [1.82, 2.24) is 9.78 Å². The van der Waals surface area contributed by atoms with Crippen molar-refractivity contribution in [2.45, 2.75) is 38.3 Å². The molecule has 1 heterocycles. The second-order valence-electron chi connectivity index (χ2n) is 5.76. The summed E-state index contributed by atoms with van der Waals surface area (Å²) in [7, 11) is 0. The SMILES string of the molecule is O=c1cc2c(nn1CC(O)COc1ccc(Cl)cc1)CCCC2. The van der Waals surface area contributed by atoms with Crippen LogP contribution in [0, 0.1) is 0 Å². The van der Waals surface area contributed by atoms with Gasteiger partial charge < -0.3 is 9.84 Å². The minimum Gasteiger partial charge on any atom is -0.491 e. The highest BCUT2D eigenvalue weighted by Gasteiger charge is 2.15. The third kappa shape index (κ3) is 4.12. The van der Waals surface area contributed by atoms with Crippen LogP contribution in [0.3, 0.4) is 0 Å². The van der Waals surface area contributed by atoms with Crippen LogP contribution in [0.4, 0.5) is 0 Å². The Kier molecular flexibility index (Phi) is 4.98. The number of benzene rings is 1. The monoisotopic (exact) mass is 334 g/mol. The number of aliphatic hydroxyl groups excluding tert-OH is 1. The molecule has 0 aliphatic heterocycles. The van der Waals surface area contributed by atoms with Gasteiger partial charge in [-0.2, -0.15) is 5.10 Å². The summed E-state index contributed by atoms with van der Waals surface area (Å²) in [6.07, 6.45) is 3.21. The van der Waals surface area contributed by atoms with E-state index in [0.717, 1.165) is 36.9 Å². The first-order chi connectivity index (χ1) is 11.1. The Morgan fingerprint density at radius 2 is 2.00 bits per heavy atom. The Balaban J connectivity index is 1.62. The van der Waals surface area contributed by atoms with E-state index < -0.39 is 6.10 Å². The molecule has 1 aromatic carbocycles. The van der Waals surface area contributed by atoms with E-state index >= 15 is 0 Å². The zero-order chi connectivity index (χ0) is 16.2. The molecule has 0 amide bonds. The van der Waals surface area contributed by atoms with Crippen molar-refractivity contribution in [2.75, 3.05) is 6.61 Å². The molecule has 5 nitrogen and oxygen atoms in total. The number of aryl methyl sites for hydroxylation is 2. The minimum atomic E-state index is -0.808. The van der Waals surface area contributed by atoms with Crippen LogP contribution in [-0.2, 0) is 19.4 Å². The molecule has 0 saturated carbocycles. The summed E-state index contributed by atoms with van der Waals surface area (Å²) in [5.41, 5.74) is 1.85. The van der Waals surface area contributed by atoms with Gasteiger partial charge in [0.15, 0.2) is 0 Å². The zero-order valence-electron chi connectivity index (χ0n) is 12.7. The van der Waals surface area contributed by atoms with E-state index in [9.17, 15) is 9.90 Å². The van der Waals surface area contributed by atoms with E-state index in [4.69, 9.17) is 16.3 Å². The lowest BCUT2D eigenvalue weighted by molar-refractivity contribution is 0.0877. The third-order valence-corrected chi connectivity index (χ3v) is 4.17. The molecule has 1 aromatic heterocycles. The predicted molar refractivity (Wildman–Crippen MR) is 88.1 cm³/mol. The van der Waals surface area contributed by atoms with Gasteiger partial charge in [0.1, 0.15) is 18.5 Å². The summed E-state index contributed by atoms with van der Waals surface area (Å²) in [5, 5.41) is 15.1. The summed E-state index contributed by atoms with van der Waals surface area (Å²) in [5.74, 6) is 0.624. The van der Waals surface area contributed by atoms with Crippen molar-refractivity contribution in [3.63, 3.8) is 0 Å². The maximum Gasteiger partial charge on any atom is 0.267 e. The summed E-state index contributed by atoms with van der Waals surface area (Å²) >= 11 is 5.81. The van der Waals surface area contributed by atoms with E-state index in [1.165, 1.54) is 4.68 Å². The number of aliphatic hydroxyl groups is 1. The van der Waals surface area contributed by atoms with Gasteiger partial charge >= 0.3 is 0 Å². The van der Waals surface area contributed by atoms with Crippen molar-refractivity contribution in [3.05, 3.63) is 57.0 Å². The maximum atomic E-state index is 12.1.